The van der Waals surface area contributed by atoms with Gasteiger partial charge in [-0.25, -0.2) is 4.57 Å². The molecule has 1 aliphatic heterocycles. The van der Waals surface area contributed by atoms with Crippen molar-refractivity contribution in [3.8, 4) is 22.6 Å². The SMILES string of the molecule is CCCCCCC=Cc1ccc2c3c(ccc2c1)OP(=O)(O)Oc1ccc2cc(C=CCCCCCC)ccc2c1-3. The lowest BCUT2D eigenvalue weighted by atomic mass is 9.91. The van der Waals surface area contributed by atoms with Gasteiger partial charge >= 0.3 is 7.82 Å². The standard InChI is InChI=1S/C36H41O4P/c1-3-5-7-9-11-13-15-27-17-21-31-29(25-27)19-23-33-35(31)36-32-22-18-28(16-14-12-10-8-6-4-2)26-30(32)20-24-34(36)40-41(37,38)39-33/h13-26H,3-12H2,1-2H3,(H,37,38). The summed E-state index contributed by atoms with van der Waals surface area (Å²) in [6.07, 6.45) is 21.0. The molecule has 1 heterocycles. The highest BCUT2D eigenvalue weighted by Crippen LogP contribution is 2.56. The minimum atomic E-state index is -4.35. The maximum Gasteiger partial charge on any atom is 0.584 e. The van der Waals surface area contributed by atoms with Gasteiger partial charge < -0.3 is 9.05 Å². The molecule has 4 nitrogen and oxygen atoms in total. The quantitative estimate of drug-likeness (QED) is 0.136. The fraction of sp³-hybridized carbons (Fsp3) is 0.333. The van der Waals surface area contributed by atoms with Crippen LogP contribution in [-0.2, 0) is 4.57 Å². The summed E-state index contributed by atoms with van der Waals surface area (Å²) in [5.41, 5.74) is 3.83. The number of unbranched alkanes of at least 4 members (excludes halogenated alkanes) is 8. The van der Waals surface area contributed by atoms with Crippen molar-refractivity contribution in [2.45, 2.75) is 78.1 Å². The van der Waals surface area contributed by atoms with Crippen molar-refractivity contribution >= 4 is 41.5 Å². The Balaban J connectivity index is 1.52. The molecule has 41 heavy (non-hydrogen) atoms. The fourth-order valence-corrected chi connectivity index (χ4v) is 6.45. The Morgan fingerprint density at radius 3 is 1.54 bits per heavy atom. The number of benzene rings is 4. The first-order valence-corrected chi connectivity index (χ1v) is 16.7. The van der Waals surface area contributed by atoms with Crippen LogP contribution >= 0.6 is 7.82 Å². The molecule has 0 radical (unpaired) electrons. The third kappa shape index (κ3) is 7.12. The molecule has 0 fully saturated rings. The van der Waals surface area contributed by atoms with Crippen LogP contribution in [0.4, 0.5) is 0 Å². The number of allylic oxidation sites excluding steroid dienone is 2. The zero-order chi connectivity index (χ0) is 28.7. The number of phosphoric acid groups is 1. The van der Waals surface area contributed by atoms with E-state index in [0.717, 1.165) is 56.6 Å². The lowest BCUT2D eigenvalue weighted by Crippen LogP contribution is -1.97. The van der Waals surface area contributed by atoms with Gasteiger partial charge in [0.15, 0.2) is 0 Å². The second kappa shape index (κ2) is 13.6. The Bertz CT molecular complexity index is 1500. The summed E-state index contributed by atoms with van der Waals surface area (Å²) in [6, 6.07) is 20.2. The van der Waals surface area contributed by atoms with Crippen molar-refractivity contribution in [1.82, 2.24) is 0 Å². The van der Waals surface area contributed by atoms with Gasteiger partial charge in [0.05, 0.1) is 0 Å². The first kappa shape index (κ1) is 29.2. The molecule has 5 heteroatoms. The van der Waals surface area contributed by atoms with Crippen molar-refractivity contribution in [2.75, 3.05) is 0 Å². The molecule has 0 saturated heterocycles. The third-order valence-corrected chi connectivity index (χ3v) is 8.61. The Morgan fingerprint density at radius 2 is 1.10 bits per heavy atom. The van der Waals surface area contributed by atoms with E-state index in [1.165, 1.54) is 51.4 Å². The van der Waals surface area contributed by atoms with E-state index in [4.69, 9.17) is 9.05 Å². The average Bonchev–Trinajstić information content (AvgIpc) is 3.09. The fourth-order valence-electron chi connectivity index (χ4n) is 5.62. The first-order chi connectivity index (χ1) is 20.0. The van der Waals surface area contributed by atoms with Crippen molar-refractivity contribution in [3.63, 3.8) is 0 Å². The van der Waals surface area contributed by atoms with Gasteiger partial charge in [0.25, 0.3) is 0 Å². The van der Waals surface area contributed by atoms with Crippen molar-refractivity contribution in [1.29, 1.82) is 0 Å². The molecule has 4 aromatic carbocycles. The van der Waals surface area contributed by atoms with Gasteiger partial charge in [-0.15, -0.1) is 0 Å². The van der Waals surface area contributed by atoms with Crippen LogP contribution < -0.4 is 9.05 Å². The second-order valence-corrected chi connectivity index (χ2v) is 12.3. The molecule has 1 N–H and O–H groups in total. The zero-order valence-corrected chi connectivity index (χ0v) is 25.2. The molecule has 0 saturated carbocycles. The molecular formula is C36H41O4P. The lowest BCUT2D eigenvalue weighted by molar-refractivity contribution is 0.294. The van der Waals surface area contributed by atoms with Crippen LogP contribution in [0.1, 0.15) is 89.2 Å². The van der Waals surface area contributed by atoms with E-state index in [2.05, 4.69) is 74.5 Å². The topological polar surface area (TPSA) is 55.8 Å². The van der Waals surface area contributed by atoms with Gasteiger partial charge in [-0.05, 0) is 82.6 Å². The van der Waals surface area contributed by atoms with Crippen LogP contribution in [0.25, 0.3) is 44.8 Å². The summed E-state index contributed by atoms with van der Waals surface area (Å²) in [6.45, 7) is 4.46. The molecule has 0 bridgehead atoms. The highest BCUT2D eigenvalue weighted by atomic mass is 31.2. The molecule has 5 rings (SSSR count). The molecule has 0 aliphatic carbocycles. The summed E-state index contributed by atoms with van der Waals surface area (Å²) in [5, 5.41) is 4.00. The highest BCUT2D eigenvalue weighted by Gasteiger charge is 2.33. The third-order valence-electron chi connectivity index (χ3n) is 7.76. The average molecular weight is 569 g/mol. The van der Waals surface area contributed by atoms with E-state index in [1.807, 2.05) is 12.1 Å². The van der Waals surface area contributed by atoms with Gasteiger partial charge in [0.2, 0.25) is 0 Å². The van der Waals surface area contributed by atoms with Crippen LogP contribution in [-0.4, -0.2) is 4.89 Å². The van der Waals surface area contributed by atoms with E-state index >= 15 is 0 Å². The number of fused-ring (bicyclic) bond motifs is 7. The predicted octanol–water partition coefficient (Wildman–Crippen LogP) is 11.5. The Morgan fingerprint density at radius 1 is 0.634 bits per heavy atom. The smallest absolute Gasteiger partial charge is 0.395 e. The van der Waals surface area contributed by atoms with Gasteiger partial charge in [0, 0.05) is 11.1 Å². The summed E-state index contributed by atoms with van der Waals surface area (Å²) >= 11 is 0. The molecule has 1 aliphatic rings. The normalized spacial score (nSPS) is 16.6. The number of hydrogen-bond acceptors (Lipinski definition) is 3. The van der Waals surface area contributed by atoms with Crippen LogP contribution in [0.15, 0.2) is 72.8 Å². The molecule has 214 valence electrons. The number of rotatable bonds is 12. The van der Waals surface area contributed by atoms with Gasteiger partial charge in [-0.1, -0.05) is 113 Å². The zero-order valence-electron chi connectivity index (χ0n) is 24.3. The van der Waals surface area contributed by atoms with Gasteiger partial charge in [0.1, 0.15) is 11.5 Å². The Hall–Kier alpha value is -3.33. The lowest BCUT2D eigenvalue weighted by Gasteiger charge is -2.14. The van der Waals surface area contributed by atoms with Crippen LogP contribution in [0.3, 0.4) is 0 Å². The van der Waals surface area contributed by atoms with Gasteiger partial charge in [-0.2, -0.15) is 0 Å². The first-order valence-electron chi connectivity index (χ1n) is 15.2. The predicted molar refractivity (Wildman–Crippen MR) is 174 cm³/mol. The number of hydrogen-bond donors (Lipinski definition) is 1. The second-order valence-electron chi connectivity index (χ2n) is 11.0. The molecule has 0 amide bonds. The van der Waals surface area contributed by atoms with Crippen molar-refractivity contribution in [3.05, 3.63) is 83.9 Å². The van der Waals surface area contributed by atoms with Crippen LogP contribution in [0, 0.1) is 0 Å². The molecule has 0 atom stereocenters. The van der Waals surface area contributed by atoms with E-state index < -0.39 is 7.82 Å². The largest absolute Gasteiger partial charge is 0.584 e. The Labute approximate surface area is 244 Å². The van der Waals surface area contributed by atoms with Crippen molar-refractivity contribution < 1.29 is 18.5 Å². The van der Waals surface area contributed by atoms with Crippen LogP contribution in [0.2, 0.25) is 0 Å². The summed E-state index contributed by atoms with van der Waals surface area (Å²) in [5.74, 6) is 0.703. The van der Waals surface area contributed by atoms with E-state index in [1.54, 1.807) is 12.1 Å². The maximum absolute atomic E-state index is 12.9. The summed E-state index contributed by atoms with van der Waals surface area (Å²) < 4.78 is 24.1. The van der Waals surface area contributed by atoms with E-state index in [0.29, 0.717) is 11.5 Å². The molecule has 4 aromatic rings. The van der Waals surface area contributed by atoms with E-state index in [9.17, 15) is 9.46 Å². The summed E-state index contributed by atoms with van der Waals surface area (Å²) in [7, 11) is -4.35. The van der Waals surface area contributed by atoms with Crippen molar-refractivity contribution in [2.24, 2.45) is 0 Å². The molecular weight excluding hydrogens is 527 g/mol. The van der Waals surface area contributed by atoms with Crippen LogP contribution in [0.5, 0.6) is 11.5 Å². The molecule has 0 spiro atoms. The Kier molecular flexibility index (Phi) is 9.64. The molecule has 0 unspecified atom stereocenters. The van der Waals surface area contributed by atoms with E-state index in [-0.39, 0.29) is 0 Å². The summed E-state index contributed by atoms with van der Waals surface area (Å²) in [4.78, 5) is 10.5. The maximum atomic E-state index is 12.9. The monoisotopic (exact) mass is 568 g/mol. The van der Waals surface area contributed by atoms with Gasteiger partial charge in [-0.3, -0.25) is 4.89 Å². The number of phosphoric ester groups is 1. The minimum absolute atomic E-state index is 0.352. The minimum Gasteiger partial charge on any atom is -0.395 e. The highest BCUT2D eigenvalue weighted by molar-refractivity contribution is 7.48. The molecule has 0 aromatic heterocycles.